The highest BCUT2D eigenvalue weighted by Crippen LogP contribution is 2.26. The summed E-state index contributed by atoms with van der Waals surface area (Å²) in [6.07, 6.45) is 0.143. The Balaban J connectivity index is 1.20. The van der Waals surface area contributed by atoms with E-state index >= 15 is 0 Å². The van der Waals surface area contributed by atoms with Gasteiger partial charge in [-0.3, -0.25) is 19.2 Å². The van der Waals surface area contributed by atoms with Gasteiger partial charge in [0.2, 0.25) is 11.8 Å². The third kappa shape index (κ3) is 5.57. The summed E-state index contributed by atoms with van der Waals surface area (Å²) in [5.41, 5.74) is 2.53. The Hall–Kier alpha value is -4.50. The first-order valence-electron chi connectivity index (χ1n) is 12.5. The van der Waals surface area contributed by atoms with Crippen LogP contribution in [0.4, 0.5) is 17.1 Å². The quantitative estimate of drug-likeness (QED) is 0.526. The zero-order valence-corrected chi connectivity index (χ0v) is 20.8. The molecule has 2 heterocycles. The molecule has 1 unspecified atom stereocenters. The minimum atomic E-state index is -0.466. The zero-order valence-electron chi connectivity index (χ0n) is 20.8. The van der Waals surface area contributed by atoms with Crippen LogP contribution in [-0.2, 0) is 14.3 Å². The maximum Gasteiger partial charge on any atom is 0.256 e. The highest BCUT2D eigenvalue weighted by Gasteiger charge is 2.35. The lowest BCUT2D eigenvalue weighted by atomic mass is 10.1. The van der Waals surface area contributed by atoms with Gasteiger partial charge in [-0.25, -0.2) is 0 Å². The van der Waals surface area contributed by atoms with Crippen molar-refractivity contribution in [1.29, 1.82) is 0 Å². The van der Waals surface area contributed by atoms with Crippen LogP contribution in [0.1, 0.15) is 27.1 Å². The molecular formula is C29H28N4O5. The Labute approximate surface area is 220 Å². The van der Waals surface area contributed by atoms with Gasteiger partial charge in [0.15, 0.2) is 0 Å². The molecule has 9 nitrogen and oxygen atoms in total. The number of morpholine rings is 1. The van der Waals surface area contributed by atoms with Crippen molar-refractivity contribution in [2.75, 3.05) is 48.4 Å². The Morgan fingerprint density at radius 3 is 2.24 bits per heavy atom. The van der Waals surface area contributed by atoms with E-state index in [-0.39, 0.29) is 30.0 Å². The molecule has 0 aromatic heterocycles. The van der Waals surface area contributed by atoms with Gasteiger partial charge in [-0.05, 0) is 48.5 Å². The lowest BCUT2D eigenvalue weighted by Crippen LogP contribution is -2.41. The molecule has 38 heavy (non-hydrogen) atoms. The minimum Gasteiger partial charge on any atom is -0.378 e. The average molecular weight is 513 g/mol. The summed E-state index contributed by atoms with van der Waals surface area (Å²) < 4.78 is 5.32. The smallest absolute Gasteiger partial charge is 0.256 e. The fourth-order valence-corrected chi connectivity index (χ4v) is 4.60. The molecule has 0 spiro atoms. The van der Waals surface area contributed by atoms with Crippen LogP contribution in [0.3, 0.4) is 0 Å². The monoisotopic (exact) mass is 512 g/mol. The molecule has 3 aromatic rings. The lowest BCUT2D eigenvalue weighted by Gasteiger charge is -2.27. The standard InChI is InChI=1S/C29H28N4O5/c34-26-18-21(19-33(26)23-6-2-1-3-7-23)28(36)30-22-12-10-20(11-13-22)27(35)31-25-9-5-4-8-24(25)29(37)32-14-16-38-17-15-32/h1-13,21H,14-19H2,(H,30,36)(H,31,35). The molecule has 1 atom stereocenters. The van der Waals surface area contributed by atoms with E-state index in [1.807, 2.05) is 30.3 Å². The third-order valence-corrected chi connectivity index (χ3v) is 6.68. The van der Waals surface area contributed by atoms with Gasteiger partial charge in [0, 0.05) is 43.0 Å². The number of amides is 4. The van der Waals surface area contributed by atoms with Crippen LogP contribution >= 0.6 is 0 Å². The van der Waals surface area contributed by atoms with Crippen molar-refractivity contribution < 1.29 is 23.9 Å². The number of carbonyl (C=O) groups excluding carboxylic acids is 4. The molecule has 2 fully saturated rings. The van der Waals surface area contributed by atoms with Gasteiger partial charge in [0.05, 0.1) is 30.4 Å². The van der Waals surface area contributed by atoms with Crippen molar-refractivity contribution >= 4 is 40.7 Å². The SMILES string of the molecule is O=C(Nc1ccccc1C(=O)N1CCOCC1)c1ccc(NC(=O)C2CC(=O)N(c3ccccc3)C2)cc1. The lowest BCUT2D eigenvalue weighted by molar-refractivity contribution is -0.122. The molecule has 0 aliphatic carbocycles. The van der Waals surface area contributed by atoms with Crippen LogP contribution in [0, 0.1) is 5.92 Å². The number of anilines is 3. The number of para-hydroxylation sites is 2. The summed E-state index contributed by atoms with van der Waals surface area (Å²) in [6.45, 7) is 2.32. The fourth-order valence-electron chi connectivity index (χ4n) is 4.60. The van der Waals surface area contributed by atoms with Gasteiger partial charge in [-0.1, -0.05) is 30.3 Å². The van der Waals surface area contributed by atoms with E-state index in [4.69, 9.17) is 4.74 Å². The van der Waals surface area contributed by atoms with Crippen molar-refractivity contribution in [2.45, 2.75) is 6.42 Å². The second-order valence-corrected chi connectivity index (χ2v) is 9.21. The fraction of sp³-hybridized carbons (Fsp3) is 0.241. The Kier molecular flexibility index (Phi) is 7.46. The van der Waals surface area contributed by atoms with Gasteiger partial charge < -0.3 is 25.2 Å². The van der Waals surface area contributed by atoms with Crippen LogP contribution in [0.2, 0.25) is 0 Å². The topological polar surface area (TPSA) is 108 Å². The molecule has 2 aliphatic rings. The number of nitrogens with zero attached hydrogens (tertiary/aromatic N) is 2. The Morgan fingerprint density at radius 2 is 1.50 bits per heavy atom. The number of hydrogen-bond donors (Lipinski definition) is 2. The number of carbonyl (C=O) groups is 4. The molecule has 4 amide bonds. The summed E-state index contributed by atoms with van der Waals surface area (Å²) in [4.78, 5) is 54.5. The summed E-state index contributed by atoms with van der Waals surface area (Å²) in [7, 11) is 0. The Bertz CT molecular complexity index is 1340. The minimum absolute atomic E-state index is 0.0873. The van der Waals surface area contributed by atoms with Crippen molar-refractivity contribution in [3.63, 3.8) is 0 Å². The first-order valence-corrected chi connectivity index (χ1v) is 12.5. The normalized spacial score (nSPS) is 17.3. The molecular weight excluding hydrogens is 484 g/mol. The van der Waals surface area contributed by atoms with Crippen molar-refractivity contribution in [1.82, 2.24) is 4.90 Å². The highest BCUT2D eigenvalue weighted by atomic mass is 16.5. The average Bonchev–Trinajstić information content (AvgIpc) is 3.36. The van der Waals surface area contributed by atoms with E-state index in [0.29, 0.717) is 55.3 Å². The van der Waals surface area contributed by atoms with E-state index < -0.39 is 5.92 Å². The molecule has 2 saturated heterocycles. The number of ether oxygens (including phenoxy) is 1. The van der Waals surface area contributed by atoms with Crippen LogP contribution in [0.15, 0.2) is 78.9 Å². The van der Waals surface area contributed by atoms with Gasteiger partial charge >= 0.3 is 0 Å². The van der Waals surface area contributed by atoms with Gasteiger partial charge in [-0.2, -0.15) is 0 Å². The van der Waals surface area contributed by atoms with Crippen molar-refractivity contribution in [2.24, 2.45) is 5.92 Å². The van der Waals surface area contributed by atoms with Crippen molar-refractivity contribution in [3.8, 4) is 0 Å². The molecule has 5 rings (SSSR count). The van der Waals surface area contributed by atoms with Crippen LogP contribution < -0.4 is 15.5 Å². The Morgan fingerprint density at radius 1 is 0.816 bits per heavy atom. The molecule has 194 valence electrons. The first kappa shape index (κ1) is 25.2. The molecule has 2 N–H and O–H groups in total. The maximum absolute atomic E-state index is 13.0. The van der Waals surface area contributed by atoms with Gasteiger partial charge in [0.1, 0.15) is 0 Å². The summed E-state index contributed by atoms with van der Waals surface area (Å²) in [6, 6.07) is 22.7. The summed E-state index contributed by atoms with van der Waals surface area (Å²) in [5, 5.41) is 5.67. The van der Waals surface area contributed by atoms with Gasteiger partial charge in [-0.15, -0.1) is 0 Å². The molecule has 0 radical (unpaired) electrons. The molecule has 2 aliphatic heterocycles. The number of hydrogen-bond acceptors (Lipinski definition) is 5. The second-order valence-electron chi connectivity index (χ2n) is 9.21. The van der Waals surface area contributed by atoms with E-state index in [2.05, 4.69) is 10.6 Å². The largest absolute Gasteiger partial charge is 0.378 e. The van der Waals surface area contributed by atoms with Crippen LogP contribution in [0.5, 0.6) is 0 Å². The zero-order chi connectivity index (χ0) is 26.5. The first-order chi connectivity index (χ1) is 18.5. The number of rotatable bonds is 6. The summed E-state index contributed by atoms with van der Waals surface area (Å²) >= 11 is 0. The predicted octanol–water partition coefficient (Wildman–Crippen LogP) is 3.40. The molecule has 0 saturated carbocycles. The highest BCUT2D eigenvalue weighted by molar-refractivity contribution is 6.09. The second kappa shape index (κ2) is 11.3. The van der Waals surface area contributed by atoms with E-state index in [0.717, 1.165) is 5.69 Å². The number of nitrogens with one attached hydrogen (secondary N) is 2. The summed E-state index contributed by atoms with van der Waals surface area (Å²) in [5.74, 6) is -1.32. The van der Waals surface area contributed by atoms with Crippen molar-refractivity contribution in [3.05, 3.63) is 90.0 Å². The molecule has 0 bridgehead atoms. The van der Waals surface area contributed by atoms with Gasteiger partial charge in [0.25, 0.3) is 11.8 Å². The van der Waals surface area contributed by atoms with Crippen LogP contribution in [-0.4, -0.2) is 61.4 Å². The maximum atomic E-state index is 13.0. The van der Waals surface area contributed by atoms with E-state index in [1.54, 1.807) is 58.3 Å². The number of benzene rings is 3. The predicted molar refractivity (Wildman–Crippen MR) is 143 cm³/mol. The van der Waals surface area contributed by atoms with Crippen LogP contribution in [0.25, 0.3) is 0 Å². The third-order valence-electron chi connectivity index (χ3n) is 6.68. The molecule has 9 heteroatoms. The van der Waals surface area contributed by atoms with E-state index in [9.17, 15) is 19.2 Å². The van der Waals surface area contributed by atoms with E-state index in [1.165, 1.54) is 0 Å². The molecule has 3 aromatic carbocycles.